The molecule has 3 saturated carbocycles. The van der Waals surface area contributed by atoms with Crippen LogP contribution in [0.15, 0.2) is 24.3 Å². The van der Waals surface area contributed by atoms with Crippen LogP contribution in [0.1, 0.15) is 44.7 Å². The molecule has 1 saturated heterocycles. The first kappa shape index (κ1) is 16.0. The third kappa shape index (κ3) is 2.39. The summed E-state index contributed by atoms with van der Waals surface area (Å²) in [6.07, 6.45) is 3.39. The van der Waals surface area contributed by atoms with Crippen LogP contribution in [0.3, 0.4) is 0 Å². The Kier molecular flexibility index (Phi) is 3.65. The fourth-order valence-electron chi connectivity index (χ4n) is 5.21. The number of hydrogen-bond donors (Lipinski definition) is 0. The molecule has 5 atom stereocenters. The average Bonchev–Trinajstić information content (AvgIpc) is 2.84. The van der Waals surface area contributed by atoms with Gasteiger partial charge in [-0.05, 0) is 55.9 Å². The number of benzene rings is 1. The maximum absolute atomic E-state index is 6.68. The van der Waals surface area contributed by atoms with E-state index in [0.29, 0.717) is 11.3 Å². The summed E-state index contributed by atoms with van der Waals surface area (Å²) in [6.45, 7) is 9.12. The minimum absolute atomic E-state index is 0.139. The molecule has 4 aliphatic rings. The summed E-state index contributed by atoms with van der Waals surface area (Å²) in [5, 5.41) is -0.139. The van der Waals surface area contributed by atoms with Gasteiger partial charge in [-0.25, -0.2) is 0 Å². The molecule has 124 valence electrons. The first-order valence-electron chi connectivity index (χ1n) is 8.83. The lowest BCUT2D eigenvalue weighted by molar-refractivity contribution is -0.199. The lowest BCUT2D eigenvalue weighted by Gasteiger charge is -2.64. The third-order valence-electron chi connectivity index (χ3n) is 6.78. The van der Waals surface area contributed by atoms with Crippen molar-refractivity contribution < 1.29 is 9.31 Å². The molecular weight excluding hydrogens is 306 g/mol. The fourth-order valence-corrected chi connectivity index (χ4v) is 5.50. The Balaban J connectivity index is 1.48. The van der Waals surface area contributed by atoms with Crippen LogP contribution in [0.2, 0.25) is 0 Å². The highest BCUT2D eigenvalue weighted by molar-refractivity contribution is 6.60. The van der Waals surface area contributed by atoms with Crippen LogP contribution in [-0.2, 0) is 15.7 Å². The van der Waals surface area contributed by atoms with Gasteiger partial charge in [-0.1, -0.05) is 43.7 Å². The second kappa shape index (κ2) is 5.24. The molecule has 1 aromatic rings. The van der Waals surface area contributed by atoms with Crippen molar-refractivity contribution >= 4 is 18.7 Å². The molecule has 4 heteroatoms. The number of alkyl halides is 1. The Bertz CT molecular complexity index is 619. The van der Waals surface area contributed by atoms with Crippen LogP contribution in [-0.4, -0.2) is 24.1 Å². The van der Waals surface area contributed by atoms with Crippen LogP contribution in [0.5, 0.6) is 0 Å². The second-order valence-corrected chi connectivity index (χ2v) is 9.11. The lowest BCUT2D eigenvalue weighted by Crippen LogP contribution is -2.65. The predicted octanol–water partition coefficient (Wildman–Crippen LogP) is 4.41. The molecule has 4 fully saturated rings. The first-order chi connectivity index (χ1) is 10.8. The van der Waals surface area contributed by atoms with Gasteiger partial charge in [0.25, 0.3) is 0 Å². The molecule has 0 N–H and O–H groups in total. The average molecular weight is 333 g/mol. The van der Waals surface area contributed by atoms with Gasteiger partial charge in [0.15, 0.2) is 0 Å². The summed E-state index contributed by atoms with van der Waals surface area (Å²) in [4.78, 5) is 0. The van der Waals surface area contributed by atoms with E-state index in [9.17, 15) is 0 Å². The Labute approximate surface area is 145 Å². The topological polar surface area (TPSA) is 18.5 Å². The van der Waals surface area contributed by atoms with Crippen molar-refractivity contribution in [2.45, 2.75) is 63.9 Å². The van der Waals surface area contributed by atoms with Gasteiger partial charge in [-0.3, -0.25) is 0 Å². The number of halogens is 1. The highest BCUT2D eigenvalue weighted by Gasteiger charge is 2.68. The van der Waals surface area contributed by atoms with E-state index in [1.54, 1.807) is 0 Å². The molecule has 0 radical (unpaired) electrons. The van der Waals surface area contributed by atoms with Crippen LogP contribution < -0.4 is 0 Å². The molecule has 1 aromatic carbocycles. The Morgan fingerprint density at radius 2 is 2.09 bits per heavy atom. The quantitative estimate of drug-likeness (QED) is 0.603. The van der Waals surface area contributed by atoms with E-state index in [1.165, 1.54) is 17.5 Å². The van der Waals surface area contributed by atoms with Gasteiger partial charge in [0, 0.05) is 0 Å². The largest absolute Gasteiger partial charge is 0.477 e. The molecule has 2 nitrogen and oxygen atoms in total. The Morgan fingerprint density at radius 3 is 2.78 bits per heavy atom. The van der Waals surface area contributed by atoms with Crippen molar-refractivity contribution in [2.24, 2.45) is 17.3 Å². The normalized spacial score (nSPS) is 38.8. The number of hydrogen-bond acceptors (Lipinski definition) is 2. The maximum atomic E-state index is 6.68. The van der Waals surface area contributed by atoms with Crippen molar-refractivity contribution in [1.82, 2.24) is 0 Å². The van der Waals surface area contributed by atoms with Gasteiger partial charge in [0.05, 0.1) is 17.0 Å². The van der Waals surface area contributed by atoms with Gasteiger partial charge in [0.2, 0.25) is 0 Å². The van der Waals surface area contributed by atoms with Crippen LogP contribution in [0.4, 0.5) is 0 Å². The van der Waals surface area contributed by atoms with E-state index >= 15 is 0 Å². The van der Waals surface area contributed by atoms with Crippen LogP contribution >= 0.6 is 11.6 Å². The molecule has 0 aromatic heterocycles. The van der Waals surface area contributed by atoms with Crippen LogP contribution in [0, 0.1) is 24.2 Å². The zero-order valence-electron chi connectivity index (χ0n) is 14.5. The molecule has 0 amide bonds. The second-order valence-electron chi connectivity index (χ2n) is 8.55. The van der Waals surface area contributed by atoms with Crippen molar-refractivity contribution in [3.8, 4) is 0 Å². The van der Waals surface area contributed by atoms with Crippen molar-refractivity contribution in [1.29, 1.82) is 0 Å². The molecule has 23 heavy (non-hydrogen) atoms. The maximum Gasteiger partial charge on any atom is 0.477 e. The van der Waals surface area contributed by atoms with Crippen molar-refractivity contribution in [3.63, 3.8) is 0 Å². The van der Waals surface area contributed by atoms with Crippen molar-refractivity contribution in [3.05, 3.63) is 35.4 Å². The Morgan fingerprint density at radius 1 is 1.30 bits per heavy atom. The van der Waals surface area contributed by atoms with Gasteiger partial charge in [-0.15, -0.1) is 11.6 Å². The molecular formula is C19H26BClO2. The van der Waals surface area contributed by atoms with Gasteiger partial charge < -0.3 is 9.31 Å². The zero-order valence-corrected chi connectivity index (χ0v) is 15.3. The molecule has 2 bridgehead atoms. The summed E-state index contributed by atoms with van der Waals surface area (Å²) in [5.74, 6) is 1.37. The third-order valence-corrected chi connectivity index (χ3v) is 7.14. The number of aryl methyl sites for hydroxylation is 1. The van der Waals surface area contributed by atoms with E-state index in [-0.39, 0.29) is 24.1 Å². The van der Waals surface area contributed by atoms with Gasteiger partial charge in [0.1, 0.15) is 0 Å². The zero-order chi connectivity index (χ0) is 16.4. The summed E-state index contributed by atoms with van der Waals surface area (Å²) in [5.41, 5.74) is 2.73. The van der Waals surface area contributed by atoms with E-state index in [2.05, 4.69) is 52.0 Å². The smallest absolute Gasteiger partial charge is 0.404 e. The molecule has 3 aliphatic carbocycles. The molecule has 5 rings (SSSR count). The summed E-state index contributed by atoms with van der Waals surface area (Å²) in [6, 6.07) is 8.52. The van der Waals surface area contributed by atoms with Crippen LogP contribution in [0.25, 0.3) is 0 Å². The van der Waals surface area contributed by atoms with E-state index < -0.39 is 0 Å². The van der Waals surface area contributed by atoms with E-state index in [1.807, 2.05) is 0 Å². The summed E-state index contributed by atoms with van der Waals surface area (Å²) >= 11 is 6.68. The standard InChI is InChI=1S/C19H26BClO2/c1-12-6-5-7-13(8-12)9-17(21)20-22-16-11-14-10-15(18(14,2)3)19(16,4)23-20/h5-8,14-17H,9-11H2,1-4H3. The highest BCUT2D eigenvalue weighted by atomic mass is 35.5. The van der Waals surface area contributed by atoms with E-state index in [0.717, 1.165) is 18.8 Å². The SMILES string of the molecule is Cc1cccc(CC(Cl)B2OC3CC4CC(C4(C)C)C3(C)O2)c1. The monoisotopic (exact) mass is 332 g/mol. The molecule has 1 aliphatic heterocycles. The summed E-state index contributed by atoms with van der Waals surface area (Å²) < 4.78 is 12.7. The highest BCUT2D eigenvalue weighted by Crippen LogP contribution is 2.65. The fraction of sp³-hybridized carbons (Fsp3) is 0.684. The minimum Gasteiger partial charge on any atom is -0.404 e. The molecule has 0 spiro atoms. The van der Waals surface area contributed by atoms with Crippen molar-refractivity contribution in [2.75, 3.05) is 0 Å². The molecule has 5 unspecified atom stereocenters. The van der Waals surface area contributed by atoms with Gasteiger partial charge in [-0.2, -0.15) is 0 Å². The Hall–Kier alpha value is -0.505. The number of rotatable bonds is 3. The first-order valence-corrected chi connectivity index (χ1v) is 9.27. The predicted molar refractivity (Wildman–Crippen MR) is 94.6 cm³/mol. The summed E-state index contributed by atoms with van der Waals surface area (Å²) in [7, 11) is -0.290. The minimum atomic E-state index is -0.290. The lowest BCUT2D eigenvalue weighted by atomic mass is 9.43. The van der Waals surface area contributed by atoms with Gasteiger partial charge >= 0.3 is 7.12 Å². The molecule has 1 heterocycles. The van der Waals surface area contributed by atoms with E-state index in [4.69, 9.17) is 20.9 Å².